The smallest absolute Gasteiger partial charge is 0.180 e. The Bertz CT molecular complexity index is 725. The van der Waals surface area contributed by atoms with E-state index in [1.165, 1.54) is 18.2 Å². The van der Waals surface area contributed by atoms with E-state index in [0.29, 0.717) is 11.3 Å². The predicted octanol–water partition coefficient (Wildman–Crippen LogP) is 3.37. The number of nitrogens with one attached hydrogen (secondary N) is 1. The van der Waals surface area contributed by atoms with Crippen molar-refractivity contribution in [3.8, 4) is 0 Å². The van der Waals surface area contributed by atoms with Gasteiger partial charge in [0.25, 0.3) is 0 Å². The van der Waals surface area contributed by atoms with E-state index in [4.69, 9.17) is 0 Å². The van der Waals surface area contributed by atoms with Crippen LogP contribution in [0.15, 0.2) is 47.4 Å². The van der Waals surface area contributed by atoms with E-state index in [1.807, 2.05) is 0 Å². The maximum absolute atomic E-state index is 13.1. The van der Waals surface area contributed by atoms with E-state index in [0.717, 1.165) is 6.07 Å². The van der Waals surface area contributed by atoms with Gasteiger partial charge in [-0.1, -0.05) is 19.1 Å². The number of halogens is 2. The third kappa shape index (κ3) is 3.78. The molecule has 0 atom stereocenters. The number of benzene rings is 2. The Morgan fingerprint density at radius 1 is 1.05 bits per heavy atom. The zero-order valence-electron chi connectivity index (χ0n) is 11.4. The normalized spacial score (nSPS) is 11.4. The molecule has 0 saturated carbocycles. The number of rotatable bonds is 5. The second-order valence-electron chi connectivity index (χ2n) is 4.53. The molecule has 0 aliphatic heterocycles. The highest BCUT2D eigenvalue weighted by molar-refractivity contribution is 7.91. The largest absolute Gasteiger partial charge is 0.380 e. The van der Waals surface area contributed by atoms with Crippen molar-refractivity contribution in [2.24, 2.45) is 0 Å². The van der Waals surface area contributed by atoms with Gasteiger partial charge in [0.15, 0.2) is 9.84 Å². The Labute approximate surface area is 122 Å². The molecule has 2 rings (SSSR count). The van der Waals surface area contributed by atoms with Gasteiger partial charge in [0.1, 0.15) is 11.6 Å². The van der Waals surface area contributed by atoms with Crippen molar-refractivity contribution in [3.05, 3.63) is 59.7 Å². The standard InChI is InChI=1S/C15H15F2NO2S/c1-2-21(19,20)15-6-4-3-5-14(15)18-10-11-7-12(16)9-13(17)8-11/h3-9,18H,2,10H2,1H3. The molecule has 0 saturated heterocycles. The van der Waals surface area contributed by atoms with Crippen LogP contribution in [0.4, 0.5) is 14.5 Å². The van der Waals surface area contributed by atoms with Gasteiger partial charge in [0, 0.05) is 12.6 Å². The van der Waals surface area contributed by atoms with Gasteiger partial charge in [0.2, 0.25) is 0 Å². The quantitative estimate of drug-likeness (QED) is 0.921. The molecule has 0 amide bonds. The molecule has 0 aliphatic carbocycles. The zero-order chi connectivity index (χ0) is 15.5. The summed E-state index contributed by atoms with van der Waals surface area (Å²) in [7, 11) is -3.36. The Hall–Kier alpha value is -1.95. The number of sulfone groups is 1. The molecular formula is C15H15F2NO2S. The highest BCUT2D eigenvalue weighted by Gasteiger charge is 2.15. The first-order valence-corrected chi connectivity index (χ1v) is 8.08. The molecule has 1 N–H and O–H groups in total. The average molecular weight is 311 g/mol. The Balaban J connectivity index is 2.25. The van der Waals surface area contributed by atoms with E-state index >= 15 is 0 Å². The maximum Gasteiger partial charge on any atom is 0.180 e. The molecule has 0 bridgehead atoms. The molecule has 21 heavy (non-hydrogen) atoms. The van der Waals surface area contributed by atoms with Gasteiger partial charge in [-0.3, -0.25) is 0 Å². The molecule has 0 aliphatic rings. The second kappa shape index (κ2) is 6.22. The third-order valence-corrected chi connectivity index (χ3v) is 4.79. The topological polar surface area (TPSA) is 46.2 Å². The first-order valence-electron chi connectivity index (χ1n) is 6.43. The lowest BCUT2D eigenvalue weighted by atomic mass is 10.2. The molecule has 3 nitrogen and oxygen atoms in total. The molecule has 0 fully saturated rings. The van der Waals surface area contributed by atoms with Crippen molar-refractivity contribution in [2.45, 2.75) is 18.4 Å². The maximum atomic E-state index is 13.1. The average Bonchev–Trinajstić information content (AvgIpc) is 2.44. The molecule has 2 aromatic carbocycles. The SMILES string of the molecule is CCS(=O)(=O)c1ccccc1NCc1cc(F)cc(F)c1. The summed E-state index contributed by atoms with van der Waals surface area (Å²) in [6.45, 7) is 1.69. The monoisotopic (exact) mass is 311 g/mol. The predicted molar refractivity (Wildman–Crippen MR) is 77.9 cm³/mol. The van der Waals surface area contributed by atoms with E-state index in [9.17, 15) is 17.2 Å². The zero-order valence-corrected chi connectivity index (χ0v) is 12.3. The Morgan fingerprint density at radius 3 is 2.29 bits per heavy atom. The molecule has 0 aromatic heterocycles. The summed E-state index contributed by atoms with van der Waals surface area (Å²) in [4.78, 5) is 0.185. The van der Waals surface area contributed by atoms with Gasteiger partial charge in [-0.05, 0) is 29.8 Å². The summed E-state index contributed by atoms with van der Waals surface area (Å²) in [6.07, 6.45) is 0. The van der Waals surface area contributed by atoms with Crippen LogP contribution in [-0.4, -0.2) is 14.2 Å². The third-order valence-electron chi connectivity index (χ3n) is 3.01. The summed E-state index contributed by atoms with van der Waals surface area (Å²) in [5.74, 6) is -1.34. The molecule has 0 unspecified atom stereocenters. The number of hydrogen-bond acceptors (Lipinski definition) is 3. The van der Waals surface area contributed by atoms with Crippen LogP contribution in [0.3, 0.4) is 0 Å². The minimum absolute atomic E-state index is 0.0136. The molecule has 0 spiro atoms. The van der Waals surface area contributed by atoms with Crippen molar-refractivity contribution in [3.63, 3.8) is 0 Å². The van der Waals surface area contributed by atoms with Crippen molar-refractivity contribution in [1.82, 2.24) is 0 Å². The molecule has 2 aromatic rings. The fourth-order valence-electron chi connectivity index (χ4n) is 1.95. The van der Waals surface area contributed by atoms with Gasteiger partial charge in [0.05, 0.1) is 16.3 Å². The summed E-state index contributed by atoms with van der Waals surface area (Å²) in [6, 6.07) is 9.66. The van der Waals surface area contributed by atoms with Crippen LogP contribution in [0.5, 0.6) is 0 Å². The number of hydrogen-bond donors (Lipinski definition) is 1. The van der Waals surface area contributed by atoms with Crippen LogP contribution < -0.4 is 5.32 Å². The van der Waals surface area contributed by atoms with Crippen molar-refractivity contribution < 1.29 is 17.2 Å². The van der Waals surface area contributed by atoms with Crippen molar-refractivity contribution in [1.29, 1.82) is 0 Å². The molecule has 0 radical (unpaired) electrons. The van der Waals surface area contributed by atoms with Crippen molar-refractivity contribution >= 4 is 15.5 Å². The van der Waals surface area contributed by atoms with E-state index in [1.54, 1.807) is 25.1 Å². The lowest BCUT2D eigenvalue weighted by molar-refractivity contribution is 0.580. The minimum atomic E-state index is -3.36. The highest BCUT2D eigenvalue weighted by atomic mass is 32.2. The summed E-state index contributed by atoms with van der Waals surface area (Å²) >= 11 is 0. The summed E-state index contributed by atoms with van der Waals surface area (Å²) in [5, 5.41) is 2.91. The summed E-state index contributed by atoms with van der Waals surface area (Å²) in [5.41, 5.74) is 0.820. The van der Waals surface area contributed by atoms with Gasteiger partial charge >= 0.3 is 0 Å². The Kier molecular flexibility index (Phi) is 4.57. The van der Waals surface area contributed by atoms with E-state index in [-0.39, 0.29) is 17.2 Å². The molecule has 6 heteroatoms. The van der Waals surface area contributed by atoms with Crippen molar-refractivity contribution in [2.75, 3.05) is 11.1 Å². The van der Waals surface area contributed by atoms with E-state index < -0.39 is 21.5 Å². The lowest BCUT2D eigenvalue weighted by Gasteiger charge is -2.12. The van der Waals surface area contributed by atoms with Crippen LogP contribution in [0, 0.1) is 11.6 Å². The fourth-order valence-corrected chi connectivity index (χ4v) is 3.02. The second-order valence-corrected chi connectivity index (χ2v) is 6.78. The van der Waals surface area contributed by atoms with Crippen LogP contribution in [0.2, 0.25) is 0 Å². The Morgan fingerprint density at radius 2 is 1.67 bits per heavy atom. The van der Waals surface area contributed by atoms with Gasteiger partial charge in [-0.25, -0.2) is 17.2 Å². The highest BCUT2D eigenvalue weighted by Crippen LogP contribution is 2.22. The van der Waals surface area contributed by atoms with Gasteiger partial charge in [-0.2, -0.15) is 0 Å². The number of para-hydroxylation sites is 1. The molecular weight excluding hydrogens is 296 g/mol. The van der Waals surface area contributed by atoms with Crippen LogP contribution in [0.1, 0.15) is 12.5 Å². The van der Waals surface area contributed by atoms with E-state index in [2.05, 4.69) is 5.32 Å². The fraction of sp³-hybridized carbons (Fsp3) is 0.200. The molecule has 0 heterocycles. The number of anilines is 1. The molecule has 112 valence electrons. The van der Waals surface area contributed by atoms with Gasteiger partial charge in [-0.15, -0.1) is 0 Å². The lowest BCUT2D eigenvalue weighted by Crippen LogP contribution is -2.09. The van der Waals surface area contributed by atoms with Gasteiger partial charge < -0.3 is 5.32 Å². The summed E-state index contributed by atoms with van der Waals surface area (Å²) < 4.78 is 50.2. The van der Waals surface area contributed by atoms with Crippen LogP contribution in [-0.2, 0) is 16.4 Å². The first kappa shape index (κ1) is 15.4. The minimum Gasteiger partial charge on any atom is -0.380 e. The first-order chi connectivity index (χ1) is 9.92. The van der Waals surface area contributed by atoms with Crippen LogP contribution in [0.25, 0.3) is 0 Å². The van der Waals surface area contributed by atoms with Crippen LogP contribution >= 0.6 is 0 Å².